The van der Waals surface area contributed by atoms with E-state index in [-0.39, 0.29) is 17.5 Å². The van der Waals surface area contributed by atoms with Crippen molar-refractivity contribution in [3.05, 3.63) is 0 Å². The first-order valence-electron chi connectivity index (χ1n) is 6.00. The lowest BCUT2D eigenvalue weighted by Crippen LogP contribution is -2.50. The number of amides is 1. The second-order valence-electron chi connectivity index (χ2n) is 5.03. The number of hydrogen-bond donors (Lipinski definition) is 2. The Morgan fingerprint density at radius 1 is 1.31 bits per heavy atom. The van der Waals surface area contributed by atoms with Gasteiger partial charge in [0.15, 0.2) is 0 Å². The number of nitrogens with one attached hydrogen (secondary N) is 2. The average molecular weight is 230 g/mol. The zero-order valence-corrected chi connectivity index (χ0v) is 11.2. The molecule has 0 heterocycles. The molecular formula is C12H26N2O2. The molecule has 2 N–H and O–H groups in total. The Balaban J connectivity index is 3.64. The summed E-state index contributed by atoms with van der Waals surface area (Å²) in [4.78, 5) is 11.7. The Kier molecular flexibility index (Phi) is 7.34. The van der Waals surface area contributed by atoms with E-state index in [9.17, 15) is 4.79 Å². The molecule has 0 aromatic heterocycles. The van der Waals surface area contributed by atoms with Gasteiger partial charge in [-0.3, -0.25) is 4.79 Å². The van der Waals surface area contributed by atoms with Crippen molar-refractivity contribution < 1.29 is 9.53 Å². The third kappa shape index (κ3) is 8.68. The fourth-order valence-corrected chi connectivity index (χ4v) is 1.16. The number of rotatable bonds is 7. The summed E-state index contributed by atoms with van der Waals surface area (Å²) in [5.74, 6) is 0.0305. The summed E-state index contributed by atoms with van der Waals surface area (Å²) in [6, 6.07) is -0.176. The van der Waals surface area contributed by atoms with Crippen molar-refractivity contribution in [2.45, 2.75) is 52.6 Å². The summed E-state index contributed by atoms with van der Waals surface area (Å²) in [7, 11) is 0. The van der Waals surface area contributed by atoms with Crippen LogP contribution in [0.3, 0.4) is 0 Å². The Labute approximate surface area is 99.1 Å². The Morgan fingerprint density at radius 2 is 1.94 bits per heavy atom. The molecule has 0 saturated carbocycles. The van der Waals surface area contributed by atoms with Crippen LogP contribution < -0.4 is 10.6 Å². The van der Waals surface area contributed by atoms with Crippen molar-refractivity contribution in [2.24, 2.45) is 0 Å². The molecule has 1 unspecified atom stereocenters. The summed E-state index contributed by atoms with van der Waals surface area (Å²) in [5.41, 5.74) is -0.175. The fraction of sp³-hybridized carbons (Fsp3) is 0.917. The van der Waals surface area contributed by atoms with Crippen molar-refractivity contribution >= 4 is 5.91 Å². The number of hydrogen-bond acceptors (Lipinski definition) is 3. The van der Waals surface area contributed by atoms with Gasteiger partial charge in [-0.05, 0) is 34.1 Å². The number of carbonyl (C=O) groups is 1. The van der Waals surface area contributed by atoms with E-state index in [1.54, 1.807) is 0 Å². The highest BCUT2D eigenvalue weighted by Gasteiger charge is 2.18. The van der Waals surface area contributed by atoms with E-state index in [0.717, 1.165) is 13.0 Å². The second kappa shape index (κ2) is 7.63. The minimum Gasteiger partial charge on any atom is -0.380 e. The quantitative estimate of drug-likeness (QED) is 0.648. The molecule has 96 valence electrons. The van der Waals surface area contributed by atoms with Gasteiger partial charge < -0.3 is 15.4 Å². The SMILES string of the molecule is CCCOCCNC(C)C(=O)NC(C)(C)C. The highest BCUT2D eigenvalue weighted by molar-refractivity contribution is 5.81. The minimum absolute atomic E-state index is 0.0305. The van der Waals surface area contributed by atoms with Gasteiger partial charge in [0, 0.05) is 18.7 Å². The first kappa shape index (κ1) is 15.4. The van der Waals surface area contributed by atoms with Crippen LogP contribution in [-0.4, -0.2) is 37.2 Å². The highest BCUT2D eigenvalue weighted by Crippen LogP contribution is 1.99. The maximum Gasteiger partial charge on any atom is 0.237 e. The third-order valence-corrected chi connectivity index (χ3v) is 1.94. The molecule has 0 saturated heterocycles. The molecule has 4 heteroatoms. The first-order chi connectivity index (χ1) is 7.37. The molecule has 4 nitrogen and oxygen atoms in total. The Hall–Kier alpha value is -0.610. The Bertz CT molecular complexity index is 200. The van der Waals surface area contributed by atoms with Crippen molar-refractivity contribution in [1.29, 1.82) is 0 Å². The summed E-state index contributed by atoms with van der Waals surface area (Å²) >= 11 is 0. The molecule has 16 heavy (non-hydrogen) atoms. The van der Waals surface area contributed by atoms with E-state index in [2.05, 4.69) is 17.6 Å². The van der Waals surface area contributed by atoms with Crippen LogP contribution in [-0.2, 0) is 9.53 Å². The van der Waals surface area contributed by atoms with Crippen LogP contribution in [0.15, 0.2) is 0 Å². The third-order valence-electron chi connectivity index (χ3n) is 1.94. The molecule has 0 fully saturated rings. The highest BCUT2D eigenvalue weighted by atomic mass is 16.5. The zero-order valence-electron chi connectivity index (χ0n) is 11.2. The van der Waals surface area contributed by atoms with Gasteiger partial charge in [0.05, 0.1) is 12.6 Å². The maximum absolute atomic E-state index is 11.7. The molecule has 1 amide bonds. The van der Waals surface area contributed by atoms with E-state index in [1.165, 1.54) is 0 Å². The van der Waals surface area contributed by atoms with Crippen molar-refractivity contribution in [2.75, 3.05) is 19.8 Å². The molecule has 0 aliphatic carbocycles. The lowest BCUT2D eigenvalue weighted by Gasteiger charge is -2.23. The lowest BCUT2D eigenvalue weighted by atomic mass is 10.1. The average Bonchev–Trinajstić information content (AvgIpc) is 2.14. The van der Waals surface area contributed by atoms with E-state index in [4.69, 9.17) is 4.74 Å². The van der Waals surface area contributed by atoms with Gasteiger partial charge in [0.25, 0.3) is 0 Å². The van der Waals surface area contributed by atoms with Gasteiger partial charge in [-0.2, -0.15) is 0 Å². The second-order valence-corrected chi connectivity index (χ2v) is 5.03. The number of ether oxygens (including phenoxy) is 1. The molecule has 0 aliphatic heterocycles. The molecule has 0 aromatic rings. The predicted molar refractivity (Wildman–Crippen MR) is 66.5 cm³/mol. The van der Waals surface area contributed by atoms with Crippen LogP contribution in [0, 0.1) is 0 Å². The molecule has 0 bridgehead atoms. The van der Waals surface area contributed by atoms with Crippen molar-refractivity contribution in [3.8, 4) is 0 Å². The maximum atomic E-state index is 11.7. The van der Waals surface area contributed by atoms with Crippen LogP contribution in [0.5, 0.6) is 0 Å². The summed E-state index contributed by atoms with van der Waals surface area (Å²) < 4.78 is 5.32. The molecule has 0 radical (unpaired) electrons. The van der Waals surface area contributed by atoms with Gasteiger partial charge in [-0.1, -0.05) is 6.92 Å². The van der Waals surface area contributed by atoms with Crippen molar-refractivity contribution in [1.82, 2.24) is 10.6 Å². The van der Waals surface area contributed by atoms with Crippen LogP contribution in [0.2, 0.25) is 0 Å². The van der Waals surface area contributed by atoms with Crippen LogP contribution >= 0.6 is 0 Å². The first-order valence-corrected chi connectivity index (χ1v) is 6.00. The predicted octanol–water partition coefficient (Wildman–Crippen LogP) is 1.31. The molecule has 0 aliphatic rings. The zero-order chi connectivity index (χ0) is 12.6. The van der Waals surface area contributed by atoms with Crippen LogP contribution in [0.1, 0.15) is 41.0 Å². The molecular weight excluding hydrogens is 204 g/mol. The molecule has 0 spiro atoms. The van der Waals surface area contributed by atoms with E-state index in [1.807, 2.05) is 27.7 Å². The molecule has 1 atom stereocenters. The van der Waals surface area contributed by atoms with Gasteiger partial charge in [-0.25, -0.2) is 0 Å². The van der Waals surface area contributed by atoms with Gasteiger partial charge >= 0.3 is 0 Å². The van der Waals surface area contributed by atoms with Crippen molar-refractivity contribution in [3.63, 3.8) is 0 Å². The molecule has 0 aromatic carbocycles. The summed E-state index contributed by atoms with van der Waals surface area (Å²) in [6.45, 7) is 12.0. The smallest absolute Gasteiger partial charge is 0.237 e. The van der Waals surface area contributed by atoms with E-state index in [0.29, 0.717) is 13.2 Å². The van der Waals surface area contributed by atoms with Gasteiger partial charge in [0.1, 0.15) is 0 Å². The normalized spacial score (nSPS) is 13.6. The monoisotopic (exact) mass is 230 g/mol. The largest absolute Gasteiger partial charge is 0.380 e. The standard InChI is InChI=1S/C12H26N2O2/c1-6-8-16-9-7-13-10(2)11(15)14-12(3,4)5/h10,13H,6-9H2,1-5H3,(H,14,15). The fourth-order valence-electron chi connectivity index (χ4n) is 1.16. The summed E-state index contributed by atoms with van der Waals surface area (Å²) in [6.07, 6.45) is 1.03. The Morgan fingerprint density at radius 3 is 2.44 bits per heavy atom. The summed E-state index contributed by atoms with van der Waals surface area (Å²) in [5, 5.41) is 6.06. The van der Waals surface area contributed by atoms with Gasteiger partial charge in [0.2, 0.25) is 5.91 Å². The van der Waals surface area contributed by atoms with Crippen LogP contribution in [0.4, 0.5) is 0 Å². The van der Waals surface area contributed by atoms with Gasteiger partial charge in [-0.15, -0.1) is 0 Å². The van der Waals surface area contributed by atoms with Crippen LogP contribution in [0.25, 0.3) is 0 Å². The molecule has 0 rings (SSSR count). The lowest BCUT2D eigenvalue weighted by molar-refractivity contribution is -0.124. The number of carbonyl (C=O) groups excluding carboxylic acids is 1. The van der Waals surface area contributed by atoms with E-state index < -0.39 is 0 Å². The van der Waals surface area contributed by atoms with E-state index >= 15 is 0 Å². The minimum atomic E-state index is -0.176. The topological polar surface area (TPSA) is 50.4 Å².